The van der Waals surface area contributed by atoms with Crippen molar-refractivity contribution in [2.45, 2.75) is 6.92 Å². The van der Waals surface area contributed by atoms with E-state index in [1.54, 1.807) is 23.1 Å². The van der Waals surface area contributed by atoms with Gasteiger partial charge in [-0.05, 0) is 24.6 Å². The molecule has 0 N–H and O–H groups in total. The van der Waals surface area contributed by atoms with Crippen molar-refractivity contribution in [2.24, 2.45) is 0 Å². The first-order valence-corrected chi connectivity index (χ1v) is 5.22. The second kappa shape index (κ2) is 3.86. The zero-order valence-corrected chi connectivity index (χ0v) is 9.24. The molecule has 3 aromatic rings. The molecule has 0 radical (unpaired) electrons. The van der Waals surface area contributed by atoms with Gasteiger partial charge in [0, 0.05) is 12.4 Å². The summed E-state index contributed by atoms with van der Waals surface area (Å²) in [5.74, 6) is 1.20. The van der Waals surface area contributed by atoms with Crippen LogP contribution in [-0.4, -0.2) is 19.6 Å². The number of aromatic nitrogens is 4. The Balaban J connectivity index is 2.02. The summed E-state index contributed by atoms with van der Waals surface area (Å²) in [6.45, 7) is 2.01. The summed E-state index contributed by atoms with van der Waals surface area (Å²) in [5.41, 5.74) is 1.74. The Morgan fingerprint density at radius 1 is 1.29 bits per heavy atom. The van der Waals surface area contributed by atoms with Gasteiger partial charge in [0.05, 0.1) is 0 Å². The lowest BCUT2D eigenvalue weighted by atomic mass is 10.2. The average Bonchev–Trinajstić information content (AvgIpc) is 2.78. The molecule has 0 unspecified atom stereocenters. The van der Waals surface area contributed by atoms with Crippen molar-refractivity contribution in [3.63, 3.8) is 0 Å². The Kier molecular flexibility index (Phi) is 2.22. The first-order chi connectivity index (χ1) is 8.33. The molecule has 0 saturated carbocycles. The summed E-state index contributed by atoms with van der Waals surface area (Å²) in [5, 5.41) is 7.78. The molecule has 0 spiro atoms. The SMILES string of the molecule is Cc1cccc(Oc2nccn3cnnc23)c1. The normalized spacial score (nSPS) is 10.6. The minimum absolute atomic E-state index is 0.454. The fourth-order valence-electron chi connectivity index (χ4n) is 1.60. The highest BCUT2D eigenvalue weighted by molar-refractivity contribution is 5.49. The summed E-state index contributed by atoms with van der Waals surface area (Å²) in [4.78, 5) is 4.16. The van der Waals surface area contributed by atoms with Crippen molar-refractivity contribution >= 4 is 5.65 Å². The molecule has 0 aliphatic heterocycles. The van der Waals surface area contributed by atoms with Crippen LogP contribution in [0.5, 0.6) is 11.6 Å². The molecular weight excluding hydrogens is 216 g/mol. The van der Waals surface area contributed by atoms with Crippen molar-refractivity contribution < 1.29 is 4.74 Å². The Hall–Kier alpha value is -2.43. The highest BCUT2D eigenvalue weighted by Crippen LogP contribution is 2.22. The quantitative estimate of drug-likeness (QED) is 0.672. The smallest absolute Gasteiger partial charge is 0.265 e. The minimum Gasteiger partial charge on any atom is -0.436 e. The first-order valence-electron chi connectivity index (χ1n) is 5.22. The topological polar surface area (TPSA) is 52.3 Å². The standard InChI is InChI=1S/C12H10N4O/c1-9-3-2-4-10(7-9)17-12-11-15-14-8-16(11)6-5-13-12/h2-8H,1H3. The Morgan fingerprint density at radius 2 is 2.24 bits per heavy atom. The number of ether oxygens (including phenoxy) is 1. The van der Waals surface area contributed by atoms with Crippen LogP contribution in [0.1, 0.15) is 5.56 Å². The van der Waals surface area contributed by atoms with Gasteiger partial charge < -0.3 is 4.74 Å². The van der Waals surface area contributed by atoms with Gasteiger partial charge in [-0.3, -0.25) is 4.40 Å². The Labute approximate surface area is 97.7 Å². The molecule has 5 nitrogen and oxygen atoms in total. The highest BCUT2D eigenvalue weighted by atomic mass is 16.5. The monoisotopic (exact) mass is 226 g/mol. The molecule has 0 bridgehead atoms. The van der Waals surface area contributed by atoms with E-state index in [1.807, 2.05) is 31.2 Å². The second-order valence-electron chi connectivity index (χ2n) is 3.71. The number of hydrogen-bond acceptors (Lipinski definition) is 4. The maximum atomic E-state index is 5.70. The van der Waals surface area contributed by atoms with E-state index in [4.69, 9.17) is 4.74 Å². The molecule has 5 heteroatoms. The lowest BCUT2D eigenvalue weighted by Crippen LogP contribution is -1.93. The van der Waals surface area contributed by atoms with Crippen LogP contribution in [0, 0.1) is 6.92 Å². The first kappa shape index (κ1) is 9.77. The van der Waals surface area contributed by atoms with Gasteiger partial charge in [-0.15, -0.1) is 10.2 Å². The third-order valence-electron chi connectivity index (χ3n) is 2.39. The van der Waals surface area contributed by atoms with Crippen molar-refractivity contribution in [1.82, 2.24) is 19.6 Å². The van der Waals surface area contributed by atoms with Crippen LogP contribution in [0.4, 0.5) is 0 Å². The molecule has 2 heterocycles. The van der Waals surface area contributed by atoms with Gasteiger partial charge in [-0.1, -0.05) is 12.1 Å². The molecule has 0 aliphatic carbocycles. The van der Waals surface area contributed by atoms with E-state index in [0.717, 1.165) is 11.3 Å². The number of nitrogens with zero attached hydrogens (tertiary/aromatic N) is 4. The zero-order valence-electron chi connectivity index (χ0n) is 9.24. The summed E-state index contributed by atoms with van der Waals surface area (Å²) in [6, 6.07) is 7.78. The number of benzene rings is 1. The Morgan fingerprint density at radius 3 is 3.12 bits per heavy atom. The van der Waals surface area contributed by atoms with Crippen LogP contribution in [0.15, 0.2) is 43.0 Å². The lowest BCUT2D eigenvalue weighted by Gasteiger charge is -2.05. The number of rotatable bonds is 2. The predicted molar refractivity (Wildman–Crippen MR) is 62.0 cm³/mol. The van der Waals surface area contributed by atoms with Gasteiger partial charge in [0.1, 0.15) is 12.1 Å². The summed E-state index contributed by atoms with van der Waals surface area (Å²) >= 11 is 0. The zero-order chi connectivity index (χ0) is 11.7. The van der Waals surface area contributed by atoms with Gasteiger partial charge in [0.25, 0.3) is 5.88 Å². The molecule has 84 valence electrons. The molecule has 3 rings (SSSR count). The summed E-state index contributed by atoms with van der Waals surface area (Å²) in [6.07, 6.45) is 5.04. The van der Waals surface area contributed by atoms with Crippen molar-refractivity contribution in [2.75, 3.05) is 0 Å². The van der Waals surface area contributed by atoms with Crippen LogP contribution in [-0.2, 0) is 0 Å². The van der Waals surface area contributed by atoms with Gasteiger partial charge in [-0.25, -0.2) is 4.98 Å². The van der Waals surface area contributed by atoms with Crippen LogP contribution in [0.25, 0.3) is 5.65 Å². The minimum atomic E-state index is 0.454. The molecule has 0 amide bonds. The maximum absolute atomic E-state index is 5.70. The number of aryl methyl sites for hydroxylation is 1. The molecular formula is C12H10N4O. The Bertz CT molecular complexity index is 662. The van der Waals surface area contributed by atoms with Crippen molar-refractivity contribution in [3.8, 4) is 11.6 Å². The number of hydrogen-bond donors (Lipinski definition) is 0. The van der Waals surface area contributed by atoms with E-state index in [0.29, 0.717) is 11.5 Å². The van der Waals surface area contributed by atoms with E-state index in [-0.39, 0.29) is 0 Å². The van der Waals surface area contributed by atoms with E-state index >= 15 is 0 Å². The van der Waals surface area contributed by atoms with Crippen LogP contribution < -0.4 is 4.74 Å². The highest BCUT2D eigenvalue weighted by Gasteiger charge is 2.06. The second-order valence-corrected chi connectivity index (χ2v) is 3.71. The van der Waals surface area contributed by atoms with E-state index in [9.17, 15) is 0 Å². The van der Waals surface area contributed by atoms with Gasteiger partial charge in [-0.2, -0.15) is 0 Å². The number of fused-ring (bicyclic) bond motifs is 1. The molecule has 2 aromatic heterocycles. The van der Waals surface area contributed by atoms with E-state index < -0.39 is 0 Å². The third-order valence-corrected chi connectivity index (χ3v) is 2.39. The molecule has 17 heavy (non-hydrogen) atoms. The lowest BCUT2D eigenvalue weighted by molar-refractivity contribution is 0.464. The van der Waals surface area contributed by atoms with Crippen LogP contribution in [0.3, 0.4) is 0 Å². The van der Waals surface area contributed by atoms with Gasteiger partial charge in [0.2, 0.25) is 5.65 Å². The van der Waals surface area contributed by atoms with Crippen molar-refractivity contribution in [3.05, 3.63) is 48.5 Å². The largest absolute Gasteiger partial charge is 0.436 e. The van der Waals surface area contributed by atoms with Crippen LogP contribution in [0.2, 0.25) is 0 Å². The van der Waals surface area contributed by atoms with Gasteiger partial charge in [0.15, 0.2) is 0 Å². The molecule has 0 aliphatic rings. The fourth-order valence-corrected chi connectivity index (χ4v) is 1.60. The summed E-state index contributed by atoms with van der Waals surface area (Å²) < 4.78 is 7.46. The molecule has 1 aromatic carbocycles. The maximum Gasteiger partial charge on any atom is 0.265 e. The molecule has 0 fully saturated rings. The van der Waals surface area contributed by atoms with E-state index in [1.165, 1.54) is 0 Å². The fraction of sp³-hybridized carbons (Fsp3) is 0.0833. The third kappa shape index (κ3) is 1.82. The van der Waals surface area contributed by atoms with E-state index in [2.05, 4.69) is 15.2 Å². The van der Waals surface area contributed by atoms with Gasteiger partial charge >= 0.3 is 0 Å². The summed E-state index contributed by atoms with van der Waals surface area (Å²) in [7, 11) is 0. The average molecular weight is 226 g/mol. The van der Waals surface area contributed by atoms with Crippen LogP contribution >= 0.6 is 0 Å². The van der Waals surface area contributed by atoms with Crippen molar-refractivity contribution in [1.29, 1.82) is 0 Å². The predicted octanol–water partition coefficient (Wildman–Crippen LogP) is 2.23. The molecule has 0 saturated heterocycles. The molecule has 0 atom stereocenters.